The molecule has 2 rings (SSSR count). The molecule has 4 heteroatoms. The van der Waals surface area contributed by atoms with Crippen LogP contribution in [0.3, 0.4) is 0 Å². The van der Waals surface area contributed by atoms with Gasteiger partial charge < -0.3 is 14.4 Å². The van der Waals surface area contributed by atoms with Gasteiger partial charge >= 0.3 is 0 Å². The molecule has 0 unspecified atom stereocenters. The van der Waals surface area contributed by atoms with Crippen LogP contribution in [0.25, 0.3) is 0 Å². The minimum atomic E-state index is -0.663. The van der Waals surface area contributed by atoms with Crippen LogP contribution in [-0.4, -0.2) is 44.2 Å². The van der Waals surface area contributed by atoms with Crippen LogP contribution in [0, 0.1) is 5.41 Å². The number of methoxy groups -OCH3 is 2. The molecule has 0 aromatic rings. The van der Waals surface area contributed by atoms with E-state index < -0.39 is 5.41 Å². The van der Waals surface area contributed by atoms with E-state index in [0.29, 0.717) is 6.61 Å². The van der Waals surface area contributed by atoms with Gasteiger partial charge in [-0.3, -0.25) is 4.79 Å². The van der Waals surface area contributed by atoms with Gasteiger partial charge in [-0.25, -0.2) is 0 Å². The van der Waals surface area contributed by atoms with Crippen LogP contribution in [0.1, 0.15) is 26.2 Å². The Balaban J connectivity index is 2.20. The second kappa shape index (κ2) is 5.78. The van der Waals surface area contributed by atoms with Crippen molar-refractivity contribution in [2.24, 2.45) is 5.41 Å². The number of likely N-dealkylation sites (tertiary alicyclic amines) is 1. The lowest BCUT2D eigenvalue weighted by molar-refractivity contribution is -0.140. The van der Waals surface area contributed by atoms with Gasteiger partial charge in [-0.2, -0.15) is 0 Å². The van der Waals surface area contributed by atoms with E-state index in [0.717, 1.165) is 31.6 Å². The molecule has 4 nitrogen and oxygen atoms in total. The van der Waals surface area contributed by atoms with Crippen molar-refractivity contribution in [1.82, 2.24) is 4.90 Å². The van der Waals surface area contributed by atoms with Gasteiger partial charge in [0.1, 0.15) is 11.2 Å². The summed E-state index contributed by atoms with van der Waals surface area (Å²) in [6.45, 7) is 3.35. The quantitative estimate of drug-likeness (QED) is 0.731. The third-order valence-corrected chi connectivity index (χ3v) is 4.06. The molecule has 1 saturated heterocycles. The highest BCUT2D eigenvalue weighted by atomic mass is 16.5. The monoisotopic (exact) mass is 265 g/mol. The Kier molecular flexibility index (Phi) is 4.30. The summed E-state index contributed by atoms with van der Waals surface area (Å²) in [5.74, 6) is 0.874. The van der Waals surface area contributed by atoms with Crippen LogP contribution in [0.5, 0.6) is 0 Å². The SMILES string of the molecule is COC[C@@H]1CCCN1C(=O)[C@@]1(C)C=CCC=C1OC. The number of carbonyl (C=O) groups is 1. The summed E-state index contributed by atoms with van der Waals surface area (Å²) in [6.07, 6.45) is 8.88. The second-order valence-corrected chi connectivity index (χ2v) is 5.36. The second-order valence-electron chi connectivity index (χ2n) is 5.36. The van der Waals surface area contributed by atoms with Crippen LogP contribution in [0.15, 0.2) is 24.0 Å². The van der Waals surface area contributed by atoms with E-state index in [9.17, 15) is 4.79 Å². The van der Waals surface area contributed by atoms with Crippen LogP contribution in [0.4, 0.5) is 0 Å². The van der Waals surface area contributed by atoms with Gasteiger partial charge in [0.2, 0.25) is 5.91 Å². The normalized spacial score (nSPS) is 30.4. The van der Waals surface area contributed by atoms with E-state index in [1.165, 1.54) is 0 Å². The highest BCUT2D eigenvalue weighted by Crippen LogP contribution is 2.37. The highest BCUT2D eigenvalue weighted by Gasteiger charge is 2.43. The van der Waals surface area contributed by atoms with E-state index >= 15 is 0 Å². The summed E-state index contributed by atoms with van der Waals surface area (Å²) in [7, 11) is 3.32. The molecule has 106 valence electrons. The Morgan fingerprint density at radius 2 is 2.32 bits per heavy atom. The number of allylic oxidation sites excluding steroid dienone is 2. The van der Waals surface area contributed by atoms with Crippen LogP contribution in [0.2, 0.25) is 0 Å². The molecule has 0 N–H and O–H groups in total. The van der Waals surface area contributed by atoms with Gasteiger partial charge in [-0.05, 0) is 32.3 Å². The molecule has 19 heavy (non-hydrogen) atoms. The fourth-order valence-electron chi connectivity index (χ4n) is 3.01. The van der Waals surface area contributed by atoms with Crippen LogP contribution in [-0.2, 0) is 14.3 Å². The van der Waals surface area contributed by atoms with Gasteiger partial charge in [0.05, 0.1) is 19.8 Å². The minimum absolute atomic E-state index is 0.121. The third-order valence-electron chi connectivity index (χ3n) is 4.06. The molecule has 0 aromatic heterocycles. The molecule has 1 heterocycles. The van der Waals surface area contributed by atoms with Crippen molar-refractivity contribution in [2.45, 2.75) is 32.2 Å². The summed E-state index contributed by atoms with van der Waals surface area (Å²) in [5, 5.41) is 0. The average Bonchev–Trinajstić information content (AvgIpc) is 2.87. The van der Waals surface area contributed by atoms with Gasteiger partial charge in [0, 0.05) is 13.7 Å². The van der Waals surface area contributed by atoms with Crippen molar-refractivity contribution in [2.75, 3.05) is 27.4 Å². The van der Waals surface area contributed by atoms with E-state index in [2.05, 4.69) is 0 Å². The number of hydrogen-bond donors (Lipinski definition) is 0. The van der Waals surface area contributed by atoms with Crippen molar-refractivity contribution in [3.05, 3.63) is 24.0 Å². The van der Waals surface area contributed by atoms with Gasteiger partial charge in [-0.1, -0.05) is 12.2 Å². The predicted octanol–water partition coefficient (Wildman–Crippen LogP) is 2.12. The van der Waals surface area contributed by atoms with Crippen LogP contribution >= 0.6 is 0 Å². The molecule has 1 aliphatic carbocycles. The maximum atomic E-state index is 12.9. The molecule has 0 bridgehead atoms. The summed E-state index contributed by atoms with van der Waals surface area (Å²) >= 11 is 0. The van der Waals surface area contributed by atoms with E-state index in [1.807, 2.05) is 30.1 Å². The first-order chi connectivity index (χ1) is 9.13. The lowest BCUT2D eigenvalue weighted by Crippen LogP contribution is -2.47. The fourth-order valence-corrected chi connectivity index (χ4v) is 3.01. The largest absolute Gasteiger partial charge is 0.500 e. The molecule has 0 aromatic carbocycles. The number of carbonyl (C=O) groups excluding carboxylic acids is 1. The Morgan fingerprint density at radius 1 is 1.53 bits per heavy atom. The maximum absolute atomic E-state index is 12.9. The average molecular weight is 265 g/mol. The predicted molar refractivity (Wildman–Crippen MR) is 73.6 cm³/mol. The van der Waals surface area contributed by atoms with E-state index in [4.69, 9.17) is 9.47 Å². The zero-order valence-corrected chi connectivity index (χ0v) is 12.0. The molecule has 2 aliphatic rings. The molecule has 1 amide bonds. The molecular formula is C15H23NO3. The maximum Gasteiger partial charge on any atom is 0.240 e. The van der Waals surface area contributed by atoms with E-state index in [-0.39, 0.29) is 11.9 Å². The Labute approximate surface area is 115 Å². The Morgan fingerprint density at radius 3 is 3.00 bits per heavy atom. The van der Waals surface area contributed by atoms with Gasteiger partial charge in [0.25, 0.3) is 0 Å². The molecular weight excluding hydrogens is 242 g/mol. The number of nitrogens with zero attached hydrogens (tertiary/aromatic N) is 1. The third kappa shape index (κ3) is 2.54. The molecule has 0 saturated carbocycles. The number of amides is 1. The summed E-state index contributed by atoms with van der Waals surface area (Å²) < 4.78 is 10.6. The van der Waals surface area contributed by atoms with Crippen LogP contribution < -0.4 is 0 Å². The smallest absolute Gasteiger partial charge is 0.240 e. The topological polar surface area (TPSA) is 38.8 Å². The zero-order chi connectivity index (χ0) is 13.9. The number of ether oxygens (including phenoxy) is 2. The summed E-state index contributed by atoms with van der Waals surface area (Å²) in [5.41, 5.74) is -0.663. The number of hydrogen-bond acceptors (Lipinski definition) is 3. The molecule has 1 fully saturated rings. The number of rotatable bonds is 4. The molecule has 0 radical (unpaired) electrons. The van der Waals surface area contributed by atoms with Crippen molar-refractivity contribution in [3.8, 4) is 0 Å². The fraction of sp³-hybridized carbons (Fsp3) is 0.667. The van der Waals surface area contributed by atoms with Crippen molar-refractivity contribution < 1.29 is 14.3 Å². The lowest BCUT2D eigenvalue weighted by Gasteiger charge is -2.35. The van der Waals surface area contributed by atoms with Gasteiger partial charge in [0.15, 0.2) is 0 Å². The first-order valence-electron chi connectivity index (χ1n) is 6.86. The van der Waals surface area contributed by atoms with Crippen molar-refractivity contribution in [1.29, 1.82) is 0 Å². The summed E-state index contributed by atoms with van der Waals surface area (Å²) in [4.78, 5) is 14.8. The molecule has 0 spiro atoms. The highest BCUT2D eigenvalue weighted by molar-refractivity contribution is 5.88. The Bertz CT molecular complexity index is 402. The van der Waals surface area contributed by atoms with Crippen molar-refractivity contribution >= 4 is 5.91 Å². The minimum Gasteiger partial charge on any atom is -0.500 e. The molecule has 1 aliphatic heterocycles. The van der Waals surface area contributed by atoms with Crippen molar-refractivity contribution in [3.63, 3.8) is 0 Å². The lowest BCUT2D eigenvalue weighted by atomic mass is 9.82. The first-order valence-corrected chi connectivity index (χ1v) is 6.86. The molecule has 2 atom stereocenters. The summed E-state index contributed by atoms with van der Waals surface area (Å²) in [6, 6.07) is 0.197. The standard InChI is InChI=1S/C15H23NO3/c1-15(9-5-4-8-13(15)19-3)14(17)16-10-6-7-12(16)11-18-2/h5,8-9,12H,4,6-7,10-11H2,1-3H3/t12-,15-/m0/s1. The van der Waals surface area contributed by atoms with E-state index in [1.54, 1.807) is 14.2 Å². The van der Waals surface area contributed by atoms with Gasteiger partial charge in [-0.15, -0.1) is 0 Å². The first kappa shape index (κ1) is 14.1. The zero-order valence-electron chi connectivity index (χ0n) is 12.0. The Hall–Kier alpha value is -1.29.